The van der Waals surface area contributed by atoms with Gasteiger partial charge in [0, 0.05) is 5.71 Å². The van der Waals surface area contributed by atoms with E-state index in [0.717, 1.165) is 11.1 Å². The lowest BCUT2D eigenvalue weighted by atomic mass is 9.91. The fourth-order valence-electron chi connectivity index (χ4n) is 2.31. The van der Waals surface area contributed by atoms with Crippen molar-refractivity contribution < 1.29 is 14.3 Å². The van der Waals surface area contributed by atoms with Crippen LogP contribution in [0.5, 0.6) is 0 Å². The van der Waals surface area contributed by atoms with Crippen molar-refractivity contribution in [3.63, 3.8) is 0 Å². The fourth-order valence-corrected chi connectivity index (χ4v) is 2.31. The van der Waals surface area contributed by atoms with Gasteiger partial charge in [-0.05, 0) is 36.0 Å². The van der Waals surface area contributed by atoms with Crippen LogP contribution in [0.2, 0.25) is 0 Å². The maximum atomic E-state index is 12.3. The molecule has 0 radical (unpaired) electrons. The van der Waals surface area contributed by atoms with Gasteiger partial charge in [-0.1, -0.05) is 39.8 Å². The third-order valence-electron chi connectivity index (χ3n) is 3.81. The van der Waals surface area contributed by atoms with Crippen LogP contribution in [0.25, 0.3) is 0 Å². The molecular formula is C19H24N2O3. The fraction of sp³-hybridized carbons (Fsp3) is 0.474. The summed E-state index contributed by atoms with van der Waals surface area (Å²) in [6.07, 6.45) is 0. The SMILES string of the molecule is CC(=N)[C@@H](C#N)C(=O)COC(=O)c1ccc(C(C)C)cc1C(C)C. The number of carbonyl (C=O) groups excluding carboxylic acids is 2. The Bertz CT molecular complexity index is 684. The van der Waals surface area contributed by atoms with Gasteiger partial charge >= 0.3 is 5.97 Å². The van der Waals surface area contributed by atoms with E-state index in [1.54, 1.807) is 12.1 Å². The molecule has 0 amide bonds. The minimum Gasteiger partial charge on any atom is -0.454 e. The Hall–Kier alpha value is -2.48. The van der Waals surface area contributed by atoms with Gasteiger partial charge in [0.25, 0.3) is 0 Å². The van der Waals surface area contributed by atoms with Crippen molar-refractivity contribution in [3.05, 3.63) is 34.9 Å². The first-order chi connectivity index (χ1) is 11.2. The second-order valence-corrected chi connectivity index (χ2v) is 6.44. The molecule has 0 aliphatic carbocycles. The van der Waals surface area contributed by atoms with Gasteiger partial charge < -0.3 is 10.1 Å². The second kappa shape index (κ2) is 8.39. The standard InChI is InChI=1S/C19H24N2O3/c1-11(2)14-6-7-15(16(8-14)12(3)4)19(23)24-10-18(22)17(9-20)13(5)21/h6-8,11-12,17,21H,10H2,1-5H3/t17-/m1/s1. The average Bonchev–Trinajstić information content (AvgIpc) is 2.52. The van der Waals surface area contributed by atoms with Gasteiger partial charge in [-0.15, -0.1) is 0 Å². The smallest absolute Gasteiger partial charge is 0.338 e. The second-order valence-electron chi connectivity index (χ2n) is 6.44. The number of rotatable bonds is 7. The van der Waals surface area contributed by atoms with E-state index in [-0.39, 0.29) is 11.6 Å². The van der Waals surface area contributed by atoms with E-state index in [1.807, 2.05) is 26.0 Å². The topological polar surface area (TPSA) is 91.0 Å². The van der Waals surface area contributed by atoms with Gasteiger partial charge in [-0.3, -0.25) is 4.79 Å². The average molecular weight is 328 g/mol. The molecular weight excluding hydrogens is 304 g/mol. The molecule has 0 fully saturated rings. The van der Waals surface area contributed by atoms with Crippen molar-refractivity contribution in [1.82, 2.24) is 0 Å². The molecule has 0 aliphatic heterocycles. The summed E-state index contributed by atoms with van der Waals surface area (Å²) in [4.78, 5) is 24.2. The lowest BCUT2D eigenvalue weighted by Crippen LogP contribution is -2.25. The monoisotopic (exact) mass is 328 g/mol. The number of nitriles is 1. The van der Waals surface area contributed by atoms with Crippen LogP contribution < -0.4 is 0 Å². The van der Waals surface area contributed by atoms with Crippen molar-refractivity contribution in [2.24, 2.45) is 5.92 Å². The van der Waals surface area contributed by atoms with Crippen LogP contribution in [-0.4, -0.2) is 24.1 Å². The van der Waals surface area contributed by atoms with Gasteiger partial charge in [0.15, 0.2) is 12.4 Å². The molecule has 0 spiro atoms. The third kappa shape index (κ3) is 4.76. The van der Waals surface area contributed by atoms with Crippen molar-refractivity contribution in [2.45, 2.75) is 46.5 Å². The number of Topliss-reactive ketones (excluding diaryl/α,β-unsaturated/α-hetero) is 1. The zero-order chi connectivity index (χ0) is 18.4. The number of ether oxygens (including phenoxy) is 1. The van der Waals surface area contributed by atoms with Crippen LogP contribution in [0.4, 0.5) is 0 Å². The maximum Gasteiger partial charge on any atom is 0.338 e. The van der Waals surface area contributed by atoms with Crippen molar-refractivity contribution in [3.8, 4) is 6.07 Å². The summed E-state index contributed by atoms with van der Waals surface area (Å²) in [6, 6.07) is 7.35. The summed E-state index contributed by atoms with van der Waals surface area (Å²) >= 11 is 0. The third-order valence-corrected chi connectivity index (χ3v) is 3.81. The van der Waals surface area contributed by atoms with E-state index in [0.29, 0.717) is 11.5 Å². The predicted octanol–water partition coefficient (Wildman–Crippen LogP) is 3.84. The Kier molecular flexibility index (Phi) is 6.84. The molecule has 1 aromatic rings. The van der Waals surface area contributed by atoms with E-state index in [9.17, 15) is 9.59 Å². The molecule has 0 saturated heterocycles. The zero-order valence-electron chi connectivity index (χ0n) is 14.8. The highest BCUT2D eigenvalue weighted by atomic mass is 16.5. The Morgan fingerprint density at radius 2 is 1.83 bits per heavy atom. The van der Waals surface area contributed by atoms with Crippen LogP contribution in [0, 0.1) is 22.7 Å². The van der Waals surface area contributed by atoms with Crippen LogP contribution in [-0.2, 0) is 9.53 Å². The molecule has 0 bridgehead atoms. The van der Waals surface area contributed by atoms with Crippen LogP contribution in [0.1, 0.15) is 67.9 Å². The number of nitrogens with one attached hydrogen (secondary N) is 1. The molecule has 128 valence electrons. The van der Waals surface area contributed by atoms with Crippen molar-refractivity contribution in [2.75, 3.05) is 6.61 Å². The van der Waals surface area contributed by atoms with Gasteiger partial charge in [0.2, 0.25) is 0 Å². The number of nitrogens with zero attached hydrogens (tertiary/aromatic N) is 1. The van der Waals surface area contributed by atoms with E-state index in [2.05, 4.69) is 13.8 Å². The van der Waals surface area contributed by atoms with Gasteiger partial charge in [-0.25, -0.2) is 4.79 Å². The summed E-state index contributed by atoms with van der Waals surface area (Å²) in [6.45, 7) is 9.03. The molecule has 5 heteroatoms. The lowest BCUT2D eigenvalue weighted by Gasteiger charge is -2.16. The Morgan fingerprint density at radius 1 is 1.21 bits per heavy atom. The Labute approximate surface area is 143 Å². The van der Waals surface area contributed by atoms with E-state index >= 15 is 0 Å². The summed E-state index contributed by atoms with van der Waals surface area (Å²) in [5, 5.41) is 16.3. The molecule has 0 aliphatic rings. The van der Waals surface area contributed by atoms with Crippen LogP contribution in [0.3, 0.4) is 0 Å². The summed E-state index contributed by atoms with van der Waals surface area (Å²) in [7, 11) is 0. The molecule has 1 atom stereocenters. The molecule has 1 aromatic carbocycles. The minimum atomic E-state index is -1.16. The molecule has 0 aromatic heterocycles. The summed E-state index contributed by atoms with van der Waals surface area (Å²) < 4.78 is 5.08. The highest BCUT2D eigenvalue weighted by Crippen LogP contribution is 2.25. The maximum absolute atomic E-state index is 12.3. The molecule has 0 heterocycles. The van der Waals surface area contributed by atoms with Crippen LogP contribution in [0.15, 0.2) is 18.2 Å². The number of benzene rings is 1. The van der Waals surface area contributed by atoms with E-state index < -0.39 is 24.3 Å². The molecule has 5 nitrogen and oxygen atoms in total. The van der Waals surface area contributed by atoms with Gasteiger partial charge in [0.1, 0.15) is 5.92 Å². The van der Waals surface area contributed by atoms with E-state index in [1.165, 1.54) is 6.92 Å². The zero-order valence-corrected chi connectivity index (χ0v) is 14.8. The van der Waals surface area contributed by atoms with Crippen molar-refractivity contribution in [1.29, 1.82) is 10.7 Å². The normalized spacial score (nSPS) is 11.9. The highest BCUT2D eigenvalue weighted by Gasteiger charge is 2.23. The lowest BCUT2D eigenvalue weighted by molar-refractivity contribution is -0.122. The van der Waals surface area contributed by atoms with Gasteiger partial charge in [-0.2, -0.15) is 5.26 Å². The molecule has 0 unspecified atom stereocenters. The van der Waals surface area contributed by atoms with E-state index in [4.69, 9.17) is 15.4 Å². The number of hydrogen-bond donors (Lipinski definition) is 1. The highest BCUT2D eigenvalue weighted by molar-refractivity contribution is 6.06. The number of ketones is 1. The minimum absolute atomic E-state index is 0.0531. The Morgan fingerprint density at radius 3 is 2.29 bits per heavy atom. The number of hydrogen-bond acceptors (Lipinski definition) is 5. The largest absolute Gasteiger partial charge is 0.454 e. The summed E-state index contributed by atoms with van der Waals surface area (Å²) in [5.74, 6) is -1.84. The quantitative estimate of drug-likeness (QED) is 0.608. The predicted molar refractivity (Wildman–Crippen MR) is 92.4 cm³/mol. The Balaban J connectivity index is 2.94. The molecule has 0 saturated carbocycles. The molecule has 24 heavy (non-hydrogen) atoms. The molecule has 1 N–H and O–H groups in total. The first-order valence-electron chi connectivity index (χ1n) is 7.97. The first-order valence-corrected chi connectivity index (χ1v) is 7.97. The summed E-state index contributed by atoms with van der Waals surface area (Å²) in [5.41, 5.74) is 2.39. The van der Waals surface area contributed by atoms with Crippen LogP contribution >= 0.6 is 0 Å². The first kappa shape index (κ1) is 19.6. The number of esters is 1. The number of carbonyl (C=O) groups is 2. The van der Waals surface area contributed by atoms with Crippen molar-refractivity contribution >= 4 is 17.5 Å². The van der Waals surface area contributed by atoms with Gasteiger partial charge in [0.05, 0.1) is 11.6 Å². The molecule has 1 rings (SSSR count).